The lowest BCUT2D eigenvalue weighted by Gasteiger charge is -2.31. The van der Waals surface area contributed by atoms with Crippen LogP contribution in [0.3, 0.4) is 0 Å². The summed E-state index contributed by atoms with van der Waals surface area (Å²) < 4.78 is 0. The minimum Gasteiger partial charge on any atom is -0.329 e. The molecule has 0 rings (SSSR count). The summed E-state index contributed by atoms with van der Waals surface area (Å²) in [6, 6.07) is 0. The highest BCUT2D eigenvalue weighted by molar-refractivity contribution is 4.88. The second-order valence-corrected chi connectivity index (χ2v) is 2.86. The Labute approximate surface area is 69.9 Å². The van der Waals surface area contributed by atoms with E-state index in [-0.39, 0.29) is 5.54 Å². The molecule has 0 atom stereocenters. The fourth-order valence-corrected chi connectivity index (χ4v) is 1.15. The van der Waals surface area contributed by atoms with Gasteiger partial charge in [0.15, 0.2) is 0 Å². The molecule has 0 bridgehead atoms. The first-order valence-corrected chi connectivity index (χ1v) is 4.30. The highest BCUT2D eigenvalue weighted by Gasteiger charge is 2.21. The standard InChI is InChI=1S/C9H20N2/c1-4-7-11-9(5-2,6-3)8-10/h4,11H,1,5-8,10H2,2-3H3. The van der Waals surface area contributed by atoms with Crippen molar-refractivity contribution in [2.75, 3.05) is 13.1 Å². The Morgan fingerprint density at radius 3 is 2.27 bits per heavy atom. The van der Waals surface area contributed by atoms with Crippen molar-refractivity contribution in [2.24, 2.45) is 5.73 Å². The Kier molecular flexibility index (Phi) is 5.16. The lowest BCUT2D eigenvalue weighted by molar-refractivity contribution is 0.323. The summed E-state index contributed by atoms with van der Waals surface area (Å²) in [6.07, 6.45) is 4.03. The van der Waals surface area contributed by atoms with Crippen molar-refractivity contribution in [3.05, 3.63) is 12.7 Å². The van der Waals surface area contributed by atoms with Crippen LogP contribution in [0.4, 0.5) is 0 Å². The summed E-state index contributed by atoms with van der Waals surface area (Å²) in [7, 11) is 0. The number of hydrogen-bond acceptors (Lipinski definition) is 2. The number of nitrogens with two attached hydrogens (primary N) is 1. The van der Waals surface area contributed by atoms with Crippen LogP contribution in [0, 0.1) is 0 Å². The van der Waals surface area contributed by atoms with Gasteiger partial charge in [-0.2, -0.15) is 0 Å². The van der Waals surface area contributed by atoms with Gasteiger partial charge in [0.05, 0.1) is 0 Å². The van der Waals surface area contributed by atoms with Crippen LogP contribution in [0.2, 0.25) is 0 Å². The van der Waals surface area contributed by atoms with Gasteiger partial charge >= 0.3 is 0 Å². The van der Waals surface area contributed by atoms with Crippen molar-refractivity contribution in [2.45, 2.75) is 32.2 Å². The third-order valence-electron chi connectivity index (χ3n) is 2.37. The van der Waals surface area contributed by atoms with Crippen molar-refractivity contribution in [3.63, 3.8) is 0 Å². The molecule has 11 heavy (non-hydrogen) atoms. The normalized spacial score (nSPS) is 11.5. The van der Waals surface area contributed by atoms with Crippen LogP contribution in [0.15, 0.2) is 12.7 Å². The summed E-state index contributed by atoms with van der Waals surface area (Å²) in [5.74, 6) is 0. The highest BCUT2D eigenvalue weighted by atomic mass is 15.0. The lowest BCUT2D eigenvalue weighted by Crippen LogP contribution is -2.50. The van der Waals surface area contributed by atoms with Gasteiger partial charge in [0.25, 0.3) is 0 Å². The molecule has 0 aliphatic carbocycles. The van der Waals surface area contributed by atoms with Gasteiger partial charge < -0.3 is 11.1 Å². The predicted molar refractivity (Wildman–Crippen MR) is 50.6 cm³/mol. The molecule has 0 aromatic heterocycles. The van der Waals surface area contributed by atoms with E-state index in [1.54, 1.807) is 0 Å². The molecule has 3 N–H and O–H groups in total. The van der Waals surface area contributed by atoms with Crippen LogP contribution in [0.25, 0.3) is 0 Å². The van der Waals surface area contributed by atoms with Crippen LogP contribution < -0.4 is 11.1 Å². The molecule has 0 aromatic carbocycles. The maximum absolute atomic E-state index is 5.67. The van der Waals surface area contributed by atoms with E-state index in [0.29, 0.717) is 6.54 Å². The molecule has 2 nitrogen and oxygen atoms in total. The van der Waals surface area contributed by atoms with E-state index in [0.717, 1.165) is 19.4 Å². The zero-order valence-corrected chi connectivity index (χ0v) is 7.69. The fraction of sp³-hybridized carbons (Fsp3) is 0.778. The summed E-state index contributed by atoms with van der Waals surface area (Å²) in [4.78, 5) is 0. The molecule has 0 radical (unpaired) electrons. The minimum atomic E-state index is 0.133. The predicted octanol–water partition coefficient (Wildman–Crippen LogP) is 1.28. The summed E-state index contributed by atoms with van der Waals surface area (Å²) in [6.45, 7) is 9.53. The van der Waals surface area contributed by atoms with Crippen LogP contribution in [-0.4, -0.2) is 18.6 Å². The largest absolute Gasteiger partial charge is 0.329 e. The molecular weight excluding hydrogens is 136 g/mol. The average Bonchev–Trinajstić information content (AvgIpc) is 2.08. The van der Waals surface area contributed by atoms with Crippen molar-refractivity contribution in [3.8, 4) is 0 Å². The fourth-order valence-electron chi connectivity index (χ4n) is 1.15. The number of nitrogens with one attached hydrogen (secondary N) is 1. The van der Waals surface area contributed by atoms with Gasteiger partial charge in [-0.15, -0.1) is 6.58 Å². The molecule has 0 aliphatic rings. The van der Waals surface area contributed by atoms with E-state index in [9.17, 15) is 0 Å². The zero-order valence-electron chi connectivity index (χ0n) is 7.69. The van der Waals surface area contributed by atoms with E-state index < -0.39 is 0 Å². The van der Waals surface area contributed by atoms with Gasteiger partial charge in [0, 0.05) is 18.6 Å². The van der Waals surface area contributed by atoms with Crippen LogP contribution in [0.1, 0.15) is 26.7 Å². The zero-order chi connectivity index (χ0) is 8.74. The average molecular weight is 156 g/mol. The molecule has 0 unspecified atom stereocenters. The summed E-state index contributed by atoms with van der Waals surface area (Å²) >= 11 is 0. The molecule has 0 fully saturated rings. The molecule has 0 saturated carbocycles. The third kappa shape index (κ3) is 3.04. The second kappa shape index (κ2) is 5.33. The Hall–Kier alpha value is -0.340. The molecular formula is C9H20N2. The first-order chi connectivity index (χ1) is 5.24. The van der Waals surface area contributed by atoms with E-state index in [2.05, 4.69) is 25.7 Å². The highest BCUT2D eigenvalue weighted by Crippen LogP contribution is 2.12. The van der Waals surface area contributed by atoms with Crippen molar-refractivity contribution in [1.82, 2.24) is 5.32 Å². The van der Waals surface area contributed by atoms with E-state index >= 15 is 0 Å². The van der Waals surface area contributed by atoms with Gasteiger partial charge in [-0.25, -0.2) is 0 Å². The number of rotatable bonds is 6. The Bertz CT molecular complexity index is 97.9. The van der Waals surface area contributed by atoms with Crippen molar-refractivity contribution >= 4 is 0 Å². The first-order valence-electron chi connectivity index (χ1n) is 4.30. The van der Waals surface area contributed by atoms with Gasteiger partial charge in [-0.1, -0.05) is 19.9 Å². The third-order valence-corrected chi connectivity index (χ3v) is 2.37. The first kappa shape index (κ1) is 10.7. The molecule has 0 aromatic rings. The Balaban J connectivity index is 3.93. The SMILES string of the molecule is C=CCNC(CC)(CC)CN. The van der Waals surface area contributed by atoms with Gasteiger partial charge in [-0.3, -0.25) is 0 Å². The Morgan fingerprint density at radius 2 is 2.00 bits per heavy atom. The molecule has 2 heteroatoms. The van der Waals surface area contributed by atoms with E-state index in [4.69, 9.17) is 5.73 Å². The maximum Gasteiger partial charge on any atom is 0.0301 e. The molecule has 0 saturated heterocycles. The number of hydrogen-bond donors (Lipinski definition) is 2. The van der Waals surface area contributed by atoms with Crippen molar-refractivity contribution < 1.29 is 0 Å². The second-order valence-electron chi connectivity index (χ2n) is 2.86. The molecule has 0 amide bonds. The van der Waals surface area contributed by atoms with E-state index in [1.807, 2.05) is 6.08 Å². The molecule has 0 heterocycles. The molecule has 66 valence electrons. The maximum atomic E-state index is 5.67. The van der Waals surface area contributed by atoms with Crippen LogP contribution >= 0.6 is 0 Å². The smallest absolute Gasteiger partial charge is 0.0301 e. The van der Waals surface area contributed by atoms with E-state index in [1.165, 1.54) is 0 Å². The quantitative estimate of drug-likeness (QED) is 0.568. The Morgan fingerprint density at radius 1 is 1.45 bits per heavy atom. The minimum absolute atomic E-state index is 0.133. The summed E-state index contributed by atoms with van der Waals surface area (Å²) in [5, 5.41) is 3.39. The van der Waals surface area contributed by atoms with Gasteiger partial charge in [0.2, 0.25) is 0 Å². The van der Waals surface area contributed by atoms with Crippen LogP contribution in [0.5, 0.6) is 0 Å². The monoisotopic (exact) mass is 156 g/mol. The van der Waals surface area contributed by atoms with Gasteiger partial charge in [0.1, 0.15) is 0 Å². The topological polar surface area (TPSA) is 38.0 Å². The van der Waals surface area contributed by atoms with Crippen molar-refractivity contribution in [1.29, 1.82) is 0 Å². The van der Waals surface area contributed by atoms with Crippen LogP contribution in [-0.2, 0) is 0 Å². The van der Waals surface area contributed by atoms with Gasteiger partial charge in [-0.05, 0) is 12.8 Å². The molecule has 0 aliphatic heterocycles. The molecule has 0 spiro atoms. The summed E-state index contributed by atoms with van der Waals surface area (Å²) in [5.41, 5.74) is 5.81. The lowest BCUT2D eigenvalue weighted by atomic mass is 9.93.